The van der Waals surface area contributed by atoms with Gasteiger partial charge >= 0.3 is 0 Å². The molecule has 138 valence electrons. The molecule has 0 bridgehead atoms. The van der Waals surface area contributed by atoms with Gasteiger partial charge < -0.3 is 14.8 Å². The third-order valence-corrected chi connectivity index (χ3v) is 4.98. The molecule has 1 amide bonds. The lowest BCUT2D eigenvalue weighted by Gasteiger charge is -2.22. The monoisotopic (exact) mass is 392 g/mol. The van der Waals surface area contributed by atoms with Crippen molar-refractivity contribution in [1.82, 2.24) is 4.90 Å². The van der Waals surface area contributed by atoms with Gasteiger partial charge in [0, 0.05) is 11.4 Å². The fourth-order valence-corrected chi connectivity index (χ4v) is 3.65. The van der Waals surface area contributed by atoms with Crippen LogP contribution >= 0.6 is 23.4 Å². The van der Waals surface area contributed by atoms with Gasteiger partial charge in [-0.2, -0.15) is 0 Å². The Kier molecular flexibility index (Phi) is 6.29. The number of hydrogen-bond acceptors (Lipinski definition) is 5. The summed E-state index contributed by atoms with van der Waals surface area (Å²) in [5.74, 6) is 1.19. The normalized spacial score (nSPS) is 12.9. The third-order valence-electron chi connectivity index (χ3n) is 3.90. The Balaban J connectivity index is 1.61. The molecule has 1 aliphatic rings. The number of rotatable bonds is 6. The highest BCUT2D eigenvalue weighted by Crippen LogP contribution is 2.38. The Labute approximate surface area is 162 Å². The van der Waals surface area contributed by atoms with Crippen LogP contribution in [0.4, 0.5) is 5.69 Å². The molecule has 0 atom stereocenters. The van der Waals surface area contributed by atoms with Crippen LogP contribution in [-0.4, -0.2) is 43.9 Å². The van der Waals surface area contributed by atoms with Crippen LogP contribution in [-0.2, 0) is 11.3 Å². The average Bonchev–Trinajstić information content (AvgIpc) is 2.62. The van der Waals surface area contributed by atoms with E-state index in [9.17, 15) is 4.79 Å². The van der Waals surface area contributed by atoms with E-state index in [1.54, 1.807) is 11.8 Å². The number of fused-ring (bicyclic) bond motifs is 1. The van der Waals surface area contributed by atoms with Gasteiger partial charge in [-0.15, -0.1) is 11.8 Å². The molecule has 2 aromatic carbocycles. The molecule has 0 spiro atoms. The topological polar surface area (TPSA) is 50.8 Å². The Bertz CT molecular complexity index is 800. The summed E-state index contributed by atoms with van der Waals surface area (Å²) >= 11 is 7.88. The quantitative estimate of drug-likeness (QED) is 0.755. The molecule has 1 aliphatic heterocycles. The van der Waals surface area contributed by atoms with Crippen LogP contribution in [0.2, 0.25) is 5.02 Å². The minimum atomic E-state index is -0.0577. The molecule has 0 fully saturated rings. The van der Waals surface area contributed by atoms with Gasteiger partial charge in [0.2, 0.25) is 5.91 Å². The summed E-state index contributed by atoms with van der Waals surface area (Å²) in [6, 6.07) is 11.5. The summed E-state index contributed by atoms with van der Waals surface area (Å²) in [4.78, 5) is 15.3. The summed E-state index contributed by atoms with van der Waals surface area (Å²) in [6.07, 6.45) is 1.99. The maximum Gasteiger partial charge on any atom is 0.238 e. The number of thioether (sulfide) groups is 1. The van der Waals surface area contributed by atoms with E-state index in [-0.39, 0.29) is 12.5 Å². The number of para-hydroxylation sites is 1. The summed E-state index contributed by atoms with van der Waals surface area (Å²) in [6.45, 7) is 1.87. The molecule has 2 aromatic rings. The summed E-state index contributed by atoms with van der Waals surface area (Å²) in [5.41, 5.74) is 1.81. The Morgan fingerprint density at radius 3 is 2.85 bits per heavy atom. The number of carbonyl (C=O) groups excluding carboxylic acids is 1. The molecular formula is C19H21ClN2O3S. The number of benzene rings is 2. The lowest BCUT2D eigenvalue weighted by Crippen LogP contribution is -2.30. The van der Waals surface area contributed by atoms with E-state index in [1.165, 1.54) is 0 Å². The molecule has 7 heteroatoms. The molecular weight excluding hydrogens is 372 g/mol. The van der Waals surface area contributed by atoms with Crippen LogP contribution in [0.15, 0.2) is 41.3 Å². The van der Waals surface area contributed by atoms with Crippen molar-refractivity contribution in [1.29, 1.82) is 0 Å². The van der Waals surface area contributed by atoms with Crippen molar-refractivity contribution >= 4 is 35.0 Å². The smallest absolute Gasteiger partial charge is 0.238 e. The van der Waals surface area contributed by atoms with Crippen LogP contribution < -0.4 is 14.8 Å². The number of likely N-dealkylation sites (N-methyl/N-ethyl adjacent to an activating group) is 1. The SMILES string of the molecule is CSc1ccccc1NC(=O)CN(C)Cc1cc(Cl)c2c(c1)OCCO2. The van der Waals surface area contributed by atoms with Gasteiger partial charge in [-0.25, -0.2) is 0 Å². The van der Waals surface area contributed by atoms with Crippen molar-refractivity contribution in [2.24, 2.45) is 0 Å². The first-order valence-corrected chi connectivity index (χ1v) is 9.86. The molecule has 0 aromatic heterocycles. The lowest BCUT2D eigenvalue weighted by molar-refractivity contribution is -0.117. The molecule has 1 N–H and O–H groups in total. The molecule has 0 saturated carbocycles. The van der Waals surface area contributed by atoms with Crippen LogP contribution in [0, 0.1) is 0 Å². The van der Waals surface area contributed by atoms with Gasteiger partial charge in [-0.05, 0) is 43.1 Å². The van der Waals surface area contributed by atoms with E-state index in [0.29, 0.717) is 36.3 Å². The third kappa shape index (κ3) is 4.63. The number of nitrogens with zero attached hydrogens (tertiary/aromatic N) is 1. The summed E-state index contributed by atoms with van der Waals surface area (Å²) in [7, 11) is 1.89. The van der Waals surface area contributed by atoms with E-state index in [0.717, 1.165) is 16.1 Å². The zero-order chi connectivity index (χ0) is 18.5. The second kappa shape index (κ2) is 8.66. The van der Waals surface area contributed by atoms with Gasteiger partial charge in [0.25, 0.3) is 0 Å². The molecule has 26 heavy (non-hydrogen) atoms. The van der Waals surface area contributed by atoms with Gasteiger partial charge in [0.15, 0.2) is 11.5 Å². The number of anilines is 1. The number of ether oxygens (including phenoxy) is 2. The fourth-order valence-electron chi connectivity index (χ4n) is 2.81. The maximum absolute atomic E-state index is 12.3. The Morgan fingerprint density at radius 1 is 1.27 bits per heavy atom. The van der Waals surface area contributed by atoms with Crippen LogP contribution in [0.5, 0.6) is 11.5 Å². The minimum Gasteiger partial charge on any atom is -0.486 e. The van der Waals surface area contributed by atoms with Crippen molar-refractivity contribution in [2.45, 2.75) is 11.4 Å². The molecule has 0 saturated heterocycles. The number of halogens is 1. The second-order valence-corrected chi connectivity index (χ2v) is 7.28. The maximum atomic E-state index is 12.3. The van der Waals surface area contributed by atoms with E-state index in [4.69, 9.17) is 21.1 Å². The van der Waals surface area contributed by atoms with E-state index >= 15 is 0 Å². The fraction of sp³-hybridized carbons (Fsp3) is 0.316. The summed E-state index contributed by atoms with van der Waals surface area (Å²) in [5, 5.41) is 3.50. The van der Waals surface area contributed by atoms with Crippen molar-refractivity contribution in [2.75, 3.05) is 38.4 Å². The van der Waals surface area contributed by atoms with Crippen LogP contribution in [0.25, 0.3) is 0 Å². The molecule has 5 nitrogen and oxygen atoms in total. The van der Waals surface area contributed by atoms with Crippen molar-refractivity contribution in [3.63, 3.8) is 0 Å². The number of hydrogen-bond donors (Lipinski definition) is 1. The zero-order valence-corrected chi connectivity index (χ0v) is 16.3. The van der Waals surface area contributed by atoms with Gasteiger partial charge in [-0.3, -0.25) is 9.69 Å². The molecule has 1 heterocycles. The van der Waals surface area contributed by atoms with Crippen LogP contribution in [0.3, 0.4) is 0 Å². The first-order valence-electron chi connectivity index (χ1n) is 8.26. The number of amides is 1. The predicted octanol–water partition coefficient (Wildman–Crippen LogP) is 3.90. The van der Waals surface area contributed by atoms with Crippen molar-refractivity contribution in [3.8, 4) is 11.5 Å². The standard InChI is InChI=1S/C19H21ClN2O3S/c1-22(12-18(23)21-15-5-3-4-6-17(15)26-2)11-13-9-14(20)19-16(10-13)24-7-8-25-19/h3-6,9-10H,7-8,11-12H2,1-2H3,(H,21,23). The van der Waals surface area contributed by atoms with Crippen LogP contribution in [0.1, 0.15) is 5.56 Å². The predicted molar refractivity (Wildman–Crippen MR) is 106 cm³/mol. The highest BCUT2D eigenvalue weighted by Gasteiger charge is 2.17. The number of nitrogens with one attached hydrogen (secondary N) is 1. The lowest BCUT2D eigenvalue weighted by atomic mass is 10.2. The molecule has 0 unspecified atom stereocenters. The molecule has 0 aliphatic carbocycles. The van der Waals surface area contributed by atoms with E-state index in [1.807, 2.05) is 54.6 Å². The van der Waals surface area contributed by atoms with Crippen molar-refractivity contribution in [3.05, 3.63) is 47.0 Å². The molecule has 3 rings (SSSR count). The second-order valence-electron chi connectivity index (χ2n) is 6.02. The largest absolute Gasteiger partial charge is 0.486 e. The summed E-state index contributed by atoms with van der Waals surface area (Å²) < 4.78 is 11.1. The van der Waals surface area contributed by atoms with Gasteiger partial charge in [0.05, 0.1) is 17.3 Å². The van der Waals surface area contributed by atoms with E-state index < -0.39 is 0 Å². The highest BCUT2D eigenvalue weighted by molar-refractivity contribution is 7.98. The Morgan fingerprint density at radius 2 is 2.04 bits per heavy atom. The highest BCUT2D eigenvalue weighted by atomic mass is 35.5. The number of carbonyl (C=O) groups is 1. The first kappa shape index (κ1) is 18.9. The van der Waals surface area contributed by atoms with Crippen molar-refractivity contribution < 1.29 is 14.3 Å². The van der Waals surface area contributed by atoms with Gasteiger partial charge in [0.1, 0.15) is 13.2 Å². The first-order chi connectivity index (χ1) is 12.6. The van der Waals surface area contributed by atoms with E-state index in [2.05, 4.69) is 5.32 Å². The Hall–Kier alpha value is -1.89. The molecule has 0 radical (unpaired) electrons. The van der Waals surface area contributed by atoms with Gasteiger partial charge in [-0.1, -0.05) is 23.7 Å². The minimum absolute atomic E-state index is 0.0577. The zero-order valence-electron chi connectivity index (χ0n) is 14.8. The average molecular weight is 393 g/mol.